The first-order chi connectivity index (χ1) is 16.1. The molecule has 0 atom stereocenters. The molecular weight excluding hydrogens is 493 g/mol. The maximum Gasteiger partial charge on any atom is 0.141 e. The van der Waals surface area contributed by atoms with Crippen molar-refractivity contribution in [1.82, 2.24) is 15.0 Å². The second-order valence-electron chi connectivity index (χ2n) is 7.06. The van der Waals surface area contributed by atoms with Gasteiger partial charge in [-0.3, -0.25) is 15.0 Å². The van der Waals surface area contributed by atoms with Crippen LogP contribution in [0.25, 0.3) is 32.7 Å². The summed E-state index contributed by atoms with van der Waals surface area (Å²) in [6.07, 6.45) is 5.01. The molecule has 171 valence electrons. The van der Waals surface area contributed by atoms with Gasteiger partial charge in [0.2, 0.25) is 0 Å². The number of benzene rings is 3. The second-order valence-corrected chi connectivity index (χ2v) is 7.06. The molecule has 0 aliphatic carbocycles. The monoisotopic (exact) mass is 514 g/mol. The predicted molar refractivity (Wildman–Crippen MR) is 136 cm³/mol. The largest absolute Gasteiger partial charge is 0.506 e. The van der Waals surface area contributed by atoms with Gasteiger partial charge in [-0.2, -0.15) is 0 Å². The van der Waals surface area contributed by atoms with Crippen LogP contribution in [0.3, 0.4) is 0 Å². The Kier molecular flexibility index (Phi) is 10.5. The maximum atomic E-state index is 9.31. The first-order valence-corrected chi connectivity index (χ1v) is 10.2. The molecule has 0 unspecified atom stereocenters. The average molecular weight is 514 g/mol. The Labute approximate surface area is 223 Å². The number of phenolic OH excluding ortho intramolecular Hbond substituents is 3. The Morgan fingerprint density at radius 3 is 0.914 bits per heavy atom. The number of phenols is 3. The number of para-hydroxylation sites is 3. The molecule has 6 aromatic rings. The summed E-state index contributed by atoms with van der Waals surface area (Å²) < 4.78 is 0. The van der Waals surface area contributed by atoms with E-state index in [-0.39, 0.29) is 52.0 Å². The van der Waals surface area contributed by atoms with E-state index in [0.29, 0.717) is 16.6 Å². The fourth-order valence-electron chi connectivity index (χ4n) is 3.26. The molecule has 3 aromatic heterocycles. The maximum absolute atomic E-state index is 9.31. The van der Waals surface area contributed by atoms with E-state index in [2.05, 4.69) is 15.0 Å². The molecule has 6 nitrogen and oxygen atoms in total. The minimum Gasteiger partial charge on any atom is -0.506 e. The Morgan fingerprint density at radius 2 is 0.657 bits per heavy atom. The smallest absolute Gasteiger partial charge is 0.141 e. The zero-order chi connectivity index (χ0) is 23.0. The molecule has 0 aliphatic rings. The van der Waals surface area contributed by atoms with Gasteiger partial charge in [0.15, 0.2) is 0 Å². The van der Waals surface area contributed by atoms with Crippen molar-refractivity contribution in [1.29, 1.82) is 0 Å². The van der Waals surface area contributed by atoms with E-state index in [1.165, 1.54) is 0 Å². The summed E-state index contributed by atoms with van der Waals surface area (Å²) in [5.41, 5.74) is 1.99. The van der Waals surface area contributed by atoms with Crippen LogP contribution in [0.5, 0.6) is 17.2 Å². The number of aromatic hydroxyl groups is 3. The molecule has 8 heteroatoms. The number of nitrogens with zero attached hydrogens (tertiary/aromatic N) is 3. The molecular formula is C27H21AlCrN3O3. The first kappa shape index (κ1) is 27.6. The van der Waals surface area contributed by atoms with Crippen molar-refractivity contribution in [2.45, 2.75) is 0 Å². The van der Waals surface area contributed by atoms with E-state index in [1.807, 2.05) is 54.6 Å². The van der Waals surface area contributed by atoms with Gasteiger partial charge in [0.1, 0.15) is 33.8 Å². The Bertz CT molecular complexity index is 1330. The van der Waals surface area contributed by atoms with Crippen molar-refractivity contribution in [3.63, 3.8) is 0 Å². The SMILES string of the molecule is Oc1cccc2cccnc12.Oc1cccc2cccnc12.Oc1cccc2cccnc12.[Al].[Cr]. The van der Waals surface area contributed by atoms with Crippen molar-refractivity contribution in [2.75, 3.05) is 0 Å². The zero-order valence-electron chi connectivity index (χ0n) is 18.6. The van der Waals surface area contributed by atoms with Crippen LogP contribution in [-0.2, 0) is 17.4 Å². The van der Waals surface area contributed by atoms with Crippen LogP contribution in [-0.4, -0.2) is 47.6 Å². The summed E-state index contributed by atoms with van der Waals surface area (Å²) in [5.74, 6) is 0.717. The van der Waals surface area contributed by atoms with E-state index >= 15 is 0 Å². The molecule has 0 fully saturated rings. The van der Waals surface area contributed by atoms with Crippen LogP contribution >= 0.6 is 0 Å². The van der Waals surface area contributed by atoms with E-state index < -0.39 is 0 Å². The quantitative estimate of drug-likeness (QED) is 0.234. The van der Waals surface area contributed by atoms with Crippen molar-refractivity contribution >= 4 is 50.1 Å². The van der Waals surface area contributed by atoms with E-state index in [0.717, 1.165) is 16.2 Å². The molecule has 0 bridgehead atoms. The second kappa shape index (κ2) is 13.3. The van der Waals surface area contributed by atoms with E-state index in [9.17, 15) is 15.3 Å². The molecule has 6 rings (SSSR count). The molecule has 3 N–H and O–H groups in total. The number of pyridine rings is 3. The van der Waals surface area contributed by atoms with Crippen molar-refractivity contribution in [2.24, 2.45) is 0 Å². The number of hydrogen-bond acceptors (Lipinski definition) is 6. The fourth-order valence-corrected chi connectivity index (χ4v) is 3.26. The van der Waals surface area contributed by atoms with Gasteiger partial charge in [0.05, 0.1) is 0 Å². The van der Waals surface area contributed by atoms with Gasteiger partial charge in [-0.05, 0) is 36.4 Å². The Hall–Kier alpha value is -3.65. The van der Waals surface area contributed by atoms with Crippen LogP contribution in [0.4, 0.5) is 0 Å². The van der Waals surface area contributed by atoms with Crippen LogP contribution in [0.2, 0.25) is 0 Å². The summed E-state index contributed by atoms with van der Waals surface area (Å²) in [5, 5.41) is 30.8. The van der Waals surface area contributed by atoms with Crippen LogP contribution in [0.15, 0.2) is 110 Å². The van der Waals surface area contributed by atoms with Crippen LogP contribution in [0, 0.1) is 0 Å². The number of hydrogen-bond donors (Lipinski definition) is 3. The topological polar surface area (TPSA) is 99.4 Å². The zero-order valence-corrected chi connectivity index (χ0v) is 21.0. The average Bonchev–Trinajstić information content (AvgIpc) is 2.86. The summed E-state index contributed by atoms with van der Waals surface area (Å²) in [6, 6.07) is 27.4. The van der Waals surface area contributed by atoms with E-state index in [4.69, 9.17) is 0 Å². The van der Waals surface area contributed by atoms with Crippen LogP contribution in [0.1, 0.15) is 0 Å². The van der Waals surface area contributed by atoms with E-state index in [1.54, 1.807) is 55.0 Å². The van der Waals surface area contributed by atoms with Gasteiger partial charge in [-0.1, -0.05) is 54.6 Å². The van der Waals surface area contributed by atoms with Gasteiger partial charge in [0, 0.05) is 69.5 Å². The summed E-state index contributed by atoms with van der Waals surface area (Å²) in [6.45, 7) is 0. The Morgan fingerprint density at radius 1 is 0.400 bits per heavy atom. The number of aromatic nitrogens is 3. The van der Waals surface area contributed by atoms with Gasteiger partial charge in [-0.25, -0.2) is 0 Å². The minimum absolute atomic E-state index is 0. The van der Waals surface area contributed by atoms with Crippen LogP contribution < -0.4 is 0 Å². The molecule has 0 spiro atoms. The van der Waals surface area contributed by atoms with Gasteiger partial charge in [0.25, 0.3) is 0 Å². The van der Waals surface area contributed by atoms with Gasteiger partial charge < -0.3 is 15.3 Å². The standard InChI is InChI=1S/3C9H7NO.Al.Cr/c3*11-8-5-1-3-7-4-2-6-10-9(7)8;;/h3*1-6,11H;;. The Balaban J connectivity index is 0.000000180. The minimum atomic E-state index is 0. The predicted octanol–water partition coefficient (Wildman–Crippen LogP) is 5.44. The summed E-state index contributed by atoms with van der Waals surface area (Å²) in [7, 11) is 0. The molecule has 0 amide bonds. The molecule has 3 aromatic carbocycles. The molecule has 0 aliphatic heterocycles. The van der Waals surface area contributed by atoms with Crippen molar-refractivity contribution < 1.29 is 32.7 Å². The number of rotatable bonds is 0. The number of fused-ring (bicyclic) bond motifs is 3. The van der Waals surface area contributed by atoms with Gasteiger partial charge >= 0.3 is 0 Å². The summed E-state index contributed by atoms with van der Waals surface area (Å²) >= 11 is 0. The molecule has 3 radical (unpaired) electrons. The van der Waals surface area contributed by atoms with Gasteiger partial charge in [-0.15, -0.1) is 0 Å². The third-order valence-electron chi connectivity index (χ3n) is 4.83. The summed E-state index contributed by atoms with van der Waals surface area (Å²) in [4.78, 5) is 12.1. The molecule has 0 saturated heterocycles. The normalized spacial score (nSPS) is 9.60. The molecule has 0 saturated carbocycles. The fraction of sp³-hybridized carbons (Fsp3) is 0. The molecule has 3 heterocycles. The van der Waals surface area contributed by atoms with Crippen molar-refractivity contribution in [3.8, 4) is 17.2 Å². The first-order valence-electron chi connectivity index (χ1n) is 10.2. The third kappa shape index (κ3) is 6.93. The molecule has 35 heavy (non-hydrogen) atoms. The third-order valence-corrected chi connectivity index (χ3v) is 4.83. The van der Waals surface area contributed by atoms with Crippen molar-refractivity contribution in [3.05, 3.63) is 110 Å².